The van der Waals surface area contributed by atoms with Crippen LogP contribution >= 0.6 is 0 Å². The molecule has 1 N–H and O–H groups in total. The number of anilines is 1. The highest BCUT2D eigenvalue weighted by Crippen LogP contribution is 2.57. The lowest BCUT2D eigenvalue weighted by Crippen LogP contribution is -2.35. The van der Waals surface area contributed by atoms with Crippen molar-refractivity contribution in [3.63, 3.8) is 0 Å². The Morgan fingerprint density at radius 3 is 2.68 bits per heavy atom. The van der Waals surface area contributed by atoms with E-state index in [1.807, 2.05) is 0 Å². The summed E-state index contributed by atoms with van der Waals surface area (Å²) in [6.07, 6.45) is 1.65. The van der Waals surface area contributed by atoms with Gasteiger partial charge in [-0.2, -0.15) is 0 Å². The Kier molecular flexibility index (Phi) is 2.72. The van der Waals surface area contributed by atoms with Crippen LogP contribution in [0.15, 0.2) is 24.3 Å². The molecule has 0 radical (unpaired) electrons. The summed E-state index contributed by atoms with van der Waals surface area (Å²) in [4.78, 5) is 34.5. The number of non-ortho nitro benzene ring substituents is 1. The molecule has 1 saturated heterocycles. The quantitative estimate of drug-likeness (QED) is 0.521. The molecule has 1 aromatic rings. The molecule has 3 aliphatic rings. The zero-order chi connectivity index (χ0) is 15.4. The molecule has 1 amide bonds. The molecule has 2 bridgehead atoms. The maximum atomic E-state index is 12.5. The third-order valence-corrected chi connectivity index (χ3v) is 5.13. The fraction of sp³-hybridized carbons (Fsp3) is 0.467. The number of nitro groups is 1. The van der Waals surface area contributed by atoms with Gasteiger partial charge >= 0.3 is 5.97 Å². The van der Waals surface area contributed by atoms with Gasteiger partial charge in [-0.1, -0.05) is 0 Å². The van der Waals surface area contributed by atoms with Crippen molar-refractivity contribution in [2.24, 2.45) is 23.7 Å². The van der Waals surface area contributed by atoms with Gasteiger partial charge in [0, 0.05) is 23.7 Å². The van der Waals surface area contributed by atoms with Gasteiger partial charge in [-0.15, -0.1) is 0 Å². The minimum Gasteiger partial charge on any atom is -0.462 e. The number of hydrogen-bond donors (Lipinski definition) is 1. The van der Waals surface area contributed by atoms with Crippen LogP contribution in [0.25, 0.3) is 0 Å². The number of nitrogens with one attached hydrogen (secondary N) is 1. The van der Waals surface area contributed by atoms with E-state index in [4.69, 9.17) is 4.74 Å². The topological polar surface area (TPSA) is 98.5 Å². The number of esters is 1. The summed E-state index contributed by atoms with van der Waals surface area (Å²) in [5.41, 5.74) is 0.474. The van der Waals surface area contributed by atoms with Gasteiger partial charge < -0.3 is 10.1 Å². The number of carbonyl (C=O) groups is 2. The van der Waals surface area contributed by atoms with E-state index in [-0.39, 0.29) is 47.3 Å². The fourth-order valence-corrected chi connectivity index (χ4v) is 4.26. The van der Waals surface area contributed by atoms with Gasteiger partial charge in [0.15, 0.2) is 0 Å². The second kappa shape index (κ2) is 4.53. The largest absolute Gasteiger partial charge is 0.462 e. The summed E-state index contributed by atoms with van der Waals surface area (Å²) in [7, 11) is 0. The molecule has 0 unspecified atom stereocenters. The van der Waals surface area contributed by atoms with Gasteiger partial charge in [0.25, 0.3) is 5.69 Å². The first-order valence-corrected chi connectivity index (χ1v) is 7.30. The van der Waals surface area contributed by atoms with Crippen LogP contribution < -0.4 is 5.32 Å². The summed E-state index contributed by atoms with van der Waals surface area (Å²) < 4.78 is 5.32. The van der Waals surface area contributed by atoms with Gasteiger partial charge in [-0.25, -0.2) is 0 Å². The Morgan fingerprint density at radius 1 is 1.27 bits per heavy atom. The van der Waals surface area contributed by atoms with Crippen molar-refractivity contribution in [2.75, 3.05) is 5.32 Å². The first-order valence-electron chi connectivity index (χ1n) is 7.30. The summed E-state index contributed by atoms with van der Waals surface area (Å²) in [6.45, 7) is 0. The van der Waals surface area contributed by atoms with E-state index in [1.165, 1.54) is 24.3 Å². The monoisotopic (exact) mass is 302 g/mol. The second-order valence-corrected chi connectivity index (χ2v) is 6.22. The molecular formula is C15H14N2O5. The number of benzene rings is 1. The van der Waals surface area contributed by atoms with Crippen molar-refractivity contribution in [3.8, 4) is 0 Å². The molecule has 4 rings (SSSR count). The smallest absolute Gasteiger partial charge is 0.310 e. The number of fused-ring (bicyclic) bond motifs is 1. The van der Waals surface area contributed by atoms with Gasteiger partial charge in [-0.3, -0.25) is 19.7 Å². The average molecular weight is 302 g/mol. The van der Waals surface area contributed by atoms with Crippen molar-refractivity contribution in [1.29, 1.82) is 0 Å². The van der Waals surface area contributed by atoms with E-state index in [9.17, 15) is 19.7 Å². The molecule has 5 atom stereocenters. The molecule has 22 heavy (non-hydrogen) atoms. The van der Waals surface area contributed by atoms with Crippen molar-refractivity contribution in [1.82, 2.24) is 0 Å². The Balaban J connectivity index is 1.51. The standard InChI is InChI=1S/C15H14N2O5/c18-14(16-8-1-3-9(4-2-8)17(20)21)12-7-5-10-11(6-7)22-15(19)13(10)12/h1-4,7,10-13H,5-6H2,(H,16,18)/t7-,10-,11+,12-,13-/m0/s1. The predicted molar refractivity (Wildman–Crippen MR) is 74.8 cm³/mol. The number of carbonyl (C=O) groups excluding carboxylic acids is 2. The zero-order valence-electron chi connectivity index (χ0n) is 11.6. The molecule has 114 valence electrons. The maximum absolute atomic E-state index is 12.5. The van der Waals surface area contributed by atoms with E-state index in [2.05, 4.69) is 5.32 Å². The molecule has 2 saturated carbocycles. The number of rotatable bonds is 3. The molecule has 7 heteroatoms. The van der Waals surface area contributed by atoms with Crippen molar-refractivity contribution < 1.29 is 19.2 Å². The minimum absolute atomic E-state index is 0.00549. The van der Waals surface area contributed by atoms with E-state index in [1.54, 1.807) is 0 Å². The number of ether oxygens (including phenoxy) is 1. The third-order valence-electron chi connectivity index (χ3n) is 5.13. The average Bonchev–Trinajstić information content (AvgIpc) is 3.09. The normalized spacial score (nSPS) is 34.5. The second-order valence-electron chi connectivity index (χ2n) is 6.22. The van der Waals surface area contributed by atoms with Gasteiger partial charge in [-0.05, 0) is 30.9 Å². The lowest BCUT2D eigenvalue weighted by molar-refractivity contribution is -0.384. The Labute approximate surface area is 125 Å². The van der Waals surface area contributed by atoms with Gasteiger partial charge in [0.1, 0.15) is 6.10 Å². The molecule has 1 aliphatic heterocycles. The molecule has 7 nitrogen and oxygen atoms in total. The highest BCUT2D eigenvalue weighted by molar-refractivity contribution is 5.97. The molecular weight excluding hydrogens is 288 g/mol. The number of nitro benzene ring substituents is 1. The van der Waals surface area contributed by atoms with Crippen LogP contribution in [-0.4, -0.2) is 22.9 Å². The lowest BCUT2D eigenvalue weighted by Gasteiger charge is -2.23. The number of nitrogens with zero attached hydrogens (tertiary/aromatic N) is 1. The number of amides is 1. The first-order chi connectivity index (χ1) is 10.5. The van der Waals surface area contributed by atoms with Crippen LogP contribution in [0.1, 0.15) is 12.8 Å². The Bertz CT molecular complexity index is 669. The molecule has 1 aromatic carbocycles. The van der Waals surface area contributed by atoms with Crippen LogP contribution in [0.3, 0.4) is 0 Å². The predicted octanol–water partition coefficient (Wildman–Crippen LogP) is 1.73. The van der Waals surface area contributed by atoms with Crippen molar-refractivity contribution in [2.45, 2.75) is 18.9 Å². The molecule has 2 aliphatic carbocycles. The SMILES string of the molecule is O=C(Nc1ccc([N+](=O)[O-])cc1)[C@H]1[C@H]2C[C@@H]3[C@@H]1C(=O)O[C@@H]3C2. The Morgan fingerprint density at radius 2 is 2.00 bits per heavy atom. The van der Waals surface area contributed by atoms with Crippen molar-refractivity contribution in [3.05, 3.63) is 34.4 Å². The van der Waals surface area contributed by atoms with Crippen LogP contribution in [-0.2, 0) is 14.3 Å². The van der Waals surface area contributed by atoms with E-state index in [0.29, 0.717) is 5.69 Å². The molecule has 0 aromatic heterocycles. The van der Waals surface area contributed by atoms with Crippen LogP contribution in [0.4, 0.5) is 11.4 Å². The summed E-state index contributed by atoms with van der Waals surface area (Å²) in [5.74, 6) is -0.717. The van der Waals surface area contributed by atoms with Crippen LogP contribution in [0, 0.1) is 33.8 Å². The van der Waals surface area contributed by atoms with E-state index >= 15 is 0 Å². The lowest BCUT2D eigenvalue weighted by atomic mass is 9.79. The highest BCUT2D eigenvalue weighted by Gasteiger charge is 2.63. The van der Waals surface area contributed by atoms with Gasteiger partial charge in [0.2, 0.25) is 5.91 Å². The number of hydrogen-bond acceptors (Lipinski definition) is 5. The molecule has 1 heterocycles. The summed E-state index contributed by atoms with van der Waals surface area (Å²) in [5, 5.41) is 13.4. The Hall–Kier alpha value is -2.44. The van der Waals surface area contributed by atoms with Crippen molar-refractivity contribution >= 4 is 23.3 Å². The minimum atomic E-state index is -0.490. The van der Waals surface area contributed by atoms with Crippen LogP contribution in [0.2, 0.25) is 0 Å². The first kappa shape index (κ1) is 13.2. The van der Waals surface area contributed by atoms with E-state index in [0.717, 1.165) is 12.8 Å². The maximum Gasteiger partial charge on any atom is 0.310 e. The molecule has 3 fully saturated rings. The summed E-state index contributed by atoms with van der Waals surface area (Å²) >= 11 is 0. The van der Waals surface area contributed by atoms with Gasteiger partial charge in [0.05, 0.1) is 16.8 Å². The van der Waals surface area contributed by atoms with E-state index < -0.39 is 4.92 Å². The zero-order valence-corrected chi connectivity index (χ0v) is 11.6. The summed E-state index contributed by atoms with van der Waals surface area (Å²) in [6, 6.07) is 5.69. The third kappa shape index (κ3) is 1.81. The molecule has 0 spiro atoms. The fourth-order valence-electron chi connectivity index (χ4n) is 4.26. The van der Waals surface area contributed by atoms with Crippen LogP contribution in [0.5, 0.6) is 0 Å². The highest BCUT2D eigenvalue weighted by atomic mass is 16.6.